The van der Waals surface area contributed by atoms with Gasteiger partial charge in [-0.15, -0.1) is 0 Å². The predicted octanol–water partition coefficient (Wildman–Crippen LogP) is 3.01. The van der Waals surface area contributed by atoms with E-state index in [9.17, 15) is 18.4 Å². The van der Waals surface area contributed by atoms with Gasteiger partial charge >= 0.3 is 0 Å². The number of carbonyl (C=O) groups excluding carboxylic acids is 2. The fourth-order valence-electron chi connectivity index (χ4n) is 4.04. The van der Waals surface area contributed by atoms with E-state index in [0.29, 0.717) is 25.1 Å². The molecule has 4 rings (SSSR count). The first-order valence-electron chi connectivity index (χ1n) is 12.9. The molecule has 0 fully saturated rings. The van der Waals surface area contributed by atoms with Gasteiger partial charge in [-0.1, -0.05) is 42.5 Å². The van der Waals surface area contributed by atoms with Crippen molar-refractivity contribution in [3.63, 3.8) is 0 Å². The third-order valence-electron chi connectivity index (χ3n) is 6.31. The maximum absolute atomic E-state index is 13.3. The van der Waals surface area contributed by atoms with Crippen LogP contribution in [0.15, 0.2) is 79.0 Å². The summed E-state index contributed by atoms with van der Waals surface area (Å²) in [6.45, 7) is 0.856. The fraction of sp³-hybridized carbons (Fsp3) is 0.267. The van der Waals surface area contributed by atoms with Gasteiger partial charge in [0.2, 0.25) is 11.8 Å². The van der Waals surface area contributed by atoms with Gasteiger partial charge in [0.15, 0.2) is 11.6 Å². The Labute approximate surface area is 232 Å². The van der Waals surface area contributed by atoms with E-state index in [1.54, 1.807) is 7.05 Å². The second kappa shape index (κ2) is 14.8. The summed E-state index contributed by atoms with van der Waals surface area (Å²) in [4.78, 5) is 25.0. The molecule has 1 heterocycles. The van der Waals surface area contributed by atoms with Crippen molar-refractivity contribution in [2.75, 3.05) is 19.3 Å². The first-order chi connectivity index (χ1) is 19.2. The Kier molecular flexibility index (Phi) is 11.2. The SMILES string of the molecule is CNCC[C@H](NC(=O)[C@@H](N)Cc1ccc(F)c(F)c1)C(=O)NCc1ccccc1.Cn1ccc2ccc(N)cc21. The summed E-state index contributed by atoms with van der Waals surface area (Å²) in [5.41, 5.74) is 14.9. The minimum atomic E-state index is -1.00. The highest BCUT2D eigenvalue weighted by Crippen LogP contribution is 2.17. The van der Waals surface area contributed by atoms with E-state index in [0.717, 1.165) is 23.4 Å². The Morgan fingerprint density at radius 3 is 2.38 bits per heavy atom. The molecule has 212 valence electrons. The van der Waals surface area contributed by atoms with Crippen molar-refractivity contribution in [3.8, 4) is 0 Å². The van der Waals surface area contributed by atoms with Crippen LogP contribution < -0.4 is 27.4 Å². The molecule has 0 aliphatic heterocycles. The number of halogens is 2. The molecule has 4 aromatic rings. The number of anilines is 1. The lowest BCUT2D eigenvalue weighted by Gasteiger charge is -2.21. The van der Waals surface area contributed by atoms with Gasteiger partial charge in [-0.25, -0.2) is 8.78 Å². The largest absolute Gasteiger partial charge is 0.399 e. The van der Waals surface area contributed by atoms with Gasteiger partial charge in [-0.05, 0) is 73.3 Å². The summed E-state index contributed by atoms with van der Waals surface area (Å²) in [5.74, 6) is -2.82. The molecule has 0 radical (unpaired) electrons. The van der Waals surface area contributed by atoms with Crippen LogP contribution in [0.5, 0.6) is 0 Å². The van der Waals surface area contributed by atoms with E-state index in [1.165, 1.54) is 17.0 Å². The highest BCUT2D eigenvalue weighted by atomic mass is 19.2. The number of aryl methyl sites for hydroxylation is 1. The molecule has 0 bridgehead atoms. The van der Waals surface area contributed by atoms with Crippen molar-refractivity contribution in [2.24, 2.45) is 12.8 Å². The smallest absolute Gasteiger partial charge is 0.242 e. The molecule has 10 heteroatoms. The van der Waals surface area contributed by atoms with Crippen LogP contribution in [0.2, 0.25) is 0 Å². The standard InChI is InChI=1S/C21H26F2N4O2.C9H10N2/c1-25-10-9-19(21(29)26-13-14-5-3-2-4-6-14)27-20(28)18(24)12-15-7-8-16(22)17(23)11-15;1-11-5-4-7-2-3-8(10)6-9(7)11/h2-8,11,18-19,25H,9-10,12-13,24H2,1H3,(H,26,29)(H,27,28);2-6H,10H2,1H3/t18-,19-;/m0./s1. The Balaban J connectivity index is 0.000000330. The van der Waals surface area contributed by atoms with Gasteiger partial charge < -0.3 is 32.0 Å². The van der Waals surface area contributed by atoms with E-state index in [-0.39, 0.29) is 12.3 Å². The molecule has 0 aliphatic rings. The number of hydrogen-bond donors (Lipinski definition) is 5. The van der Waals surface area contributed by atoms with Crippen molar-refractivity contribution >= 4 is 28.4 Å². The second-order valence-electron chi connectivity index (χ2n) is 9.46. The molecule has 1 aromatic heterocycles. The van der Waals surface area contributed by atoms with Crippen LogP contribution in [0.1, 0.15) is 17.5 Å². The molecular weight excluding hydrogens is 514 g/mol. The average Bonchev–Trinajstić information content (AvgIpc) is 3.32. The van der Waals surface area contributed by atoms with E-state index in [2.05, 4.69) is 26.6 Å². The third-order valence-corrected chi connectivity index (χ3v) is 6.31. The number of nitrogen functional groups attached to an aromatic ring is 1. The van der Waals surface area contributed by atoms with Gasteiger partial charge in [0.25, 0.3) is 0 Å². The zero-order valence-electron chi connectivity index (χ0n) is 22.7. The molecule has 2 amide bonds. The third kappa shape index (κ3) is 8.89. The second-order valence-corrected chi connectivity index (χ2v) is 9.46. The number of fused-ring (bicyclic) bond motifs is 1. The first kappa shape index (κ1) is 30.3. The number of carbonyl (C=O) groups is 2. The van der Waals surface area contributed by atoms with E-state index >= 15 is 0 Å². The predicted molar refractivity (Wildman–Crippen MR) is 154 cm³/mol. The summed E-state index contributed by atoms with van der Waals surface area (Å²) < 4.78 is 28.4. The van der Waals surface area contributed by atoms with Crippen LogP contribution in [0.25, 0.3) is 10.9 Å². The molecular formula is C30H36F2N6O2. The minimum Gasteiger partial charge on any atom is -0.399 e. The molecule has 3 aromatic carbocycles. The lowest BCUT2D eigenvalue weighted by molar-refractivity contribution is -0.129. The maximum atomic E-state index is 13.3. The number of amides is 2. The number of nitrogens with one attached hydrogen (secondary N) is 3. The van der Waals surface area contributed by atoms with Crippen molar-refractivity contribution in [1.82, 2.24) is 20.5 Å². The summed E-state index contributed by atoms with van der Waals surface area (Å²) in [7, 11) is 3.76. The highest BCUT2D eigenvalue weighted by Gasteiger charge is 2.23. The Morgan fingerprint density at radius 2 is 1.68 bits per heavy atom. The average molecular weight is 551 g/mol. The molecule has 0 unspecified atom stereocenters. The van der Waals surface area contributed by atoms with Crippen molar-refractivity contribution < 1.29 is 18.4 Å². The highest BCUT2D eigenvalue weighted by molar-refractivity contribution is 5.89. The molecule has 8 nitrogen and oxygen atoms in total. The Hall–Kier alpha value is -4.28. The number of benzene rings is 3. The van der Waals surface area contributed by atoms with Crippen LogP contribution >= 0.6 is 0 Å². The van der Waals surface area contributed by atoms with Crippen LogP contribution in [-0.4, -0.2) is 42.1 Å². The number of nitrogens with two attached hydrogens (primary N) is 2. The summed E-state index contributed by atoms with van der Waals surface area (Å²) in [6.07, 6.45) is 2.43. The van der Waals surface area contributed by atoms with Crippen molar-refractivity contribution in [2.45, 2.75) is 31.5 Å². The summed E-state index contributed by atoms with van der Waals surface area (Å²) >= 11 is 0. The molecule has 40 heavy (non-hydrogen) atoms. The molecule has 0 spiro atoms. The number of hydrogen-bond acceptors (Lipinski definition) is 5. The normalized spacial score (nSPS) is 12.2. The molecule has 0 saturated heterocycles. The van der Waals surface area contributed by atoms with Gasteiger partial charge in [-0.2, -0.15) is 0 Å². The Morgan fingerprint density at radius 1 is 0.925 bits per heavy atom. The van der Waals surface area contributed by atoms with Gasteiger partial charge in [0.1, 0.15) is 6.04 Å². The van der Waals surface area contributed by atoms with Crippen LogP contribution in [0, 0.1) is 11.6 Å². The quantitative estimate of drug-likeness (QED) is 0.194. The number of rotatable bonds is 10. The summed E-state index contributed by atoms with van der Waals surface area (Å²) in [5, 5.41) is 9.63. The molecule has 0 aliphatic carbocycles. The van der Waals surface area contributed by atoms with Gasteiger partial charge in [-0.3, -0.25) is 9.59 Å². The first-order valence-corrected chi connectivity index (χ1v) is 12.9. The van der Waals surface area contributed by atoms with E-state index in [4.69, 9.17) is 11.5 Å². The number of aromatic nitrogens is 1. The van der Waals surface area contributed by atoms with Gasteiger partial charge in [0.05, 0.1) is 6.04 Å². The monoisotopic (exact) mass is 550 g/mol. The van der Waals surface area contributed by atoms with Crippen molar-refractivity contribution in [3.05, 3.63) is 102 Å². The lowest BCUT2D eigenvalue weighted by atomic mass is 10.0. The van der Waals surface area contributed by atoms with Gasteiger partial charge in [0, 0.05) is 31.0 Å². The molecule has 2 atom stereocenters. The zero-order valence-corrected chi connectivity index (χ0v) is 22.7. The topological polar surface area (TPSA) is 127 Å². The molecule has 7 N–H and O–H groups in total. The van der Waals surface area contributed by atoms with Crippen LogP contribution in [0.3, 0.4) is 0 Å². The zero-order chi connectivity index (χ0) is 29.1. The van der Waals surface area contributed by atoms with E-state index < -0.39 is 29.6 Å². The van der Waals surface area contributed by atoms with Crippen LogP contribution in [-0.2, 0) is 29.6 Å². The van der Waals surface area contributed by atoms with E-state index in [1.807, 2.05) is 61.8 Å². The lowest BCUT2D eigenvalue weighted by Crippen LogP contribution is -2.52. The minimum absolute atomic E-state index is 0.0212. The number of nitrogens with zero attached hydrogens (tertiary/aromatic N) is 1. The van der Waals surface area contributed by atoms with Crippen LogP contribution in [0.4, 0.5) is 14.5 Å². The summed E-state index contributed by atoms with van der Waals surface area (Å²) in [6, 6.07) is 19.0. The maximum Gasteiger partial charge on any atom is 0.242 e. The fourth-order valence-corrected chi connectivity index (χ4v) is 4.04. The Bertz CT molecular complexity index is 1410. The molecule has 0 saturated carbocycles. The van der Waals surface area contributed by atoms with Crippen molar-refractivity contribution in [1.29, 1.82) is 0 Å².